The van der Waals surface area contributed by atoms with Gasteiger partial charge in [-0.05, 0) is 30.0 Å². The molecule has 0 fully saturated rings. The highest BCUT2D eigenvalue weighted by Gasteiger charge is 2.10. The maximum Gasteiger partial charge on any atom is 0.255 e. The van der Waals surface area contributed by atoms with E-state index in [1.807, 2.05) is 17.5 Å². The fourth-order valence-corrected chi connectivity index (χ4v) is 2.11. The second-order valence-electron chi connectivity index (χ2n) is 3.43. The molecule has 2 aromatic rings. The van der Waals surface area contributed by atoms with E-state index in [1.165, 1.54) is 23.2 Å². The maximum absolute atomic E-state index is 13.2. The first-order valence-electron chi connectivity index (χ1n) is 5.18. The summed E-state index contributed by atoms with van der Waals surface area (Å²) in [6, 6.07) is 6.92. The highest BCUT2D eigenvalue weighted by Crippen LogP contribution is 2.08. The van der Waals surface area contributed by atoms with E-state index in [4.69, 9.17) is 0 Å². The smallest absolute Gasteiger partial charge is 0.255 e. The molecule has 3 nitrogen and oxygen atoms in total. The molecule has 2 heterocycles. The van der Waals surface area contributed by atoms with Gasteiger partial charge in [0.2, 0.25) is 5.95 Å². The number of carbonyl (C=O) groups excluding carboxylic acids is 1. The van der Waals surface area contributed by atoms with Gasteiger partial charge >= 0.3 is 0 Å². The molecule has 0 saturated heterocycles. The molecule has 0 aromatic carbocycles. The van der Waals surface area contributed by atoms with Gasteiger partial charge in [0, 0.05) is 17.6 Å². The zero-order chi connectivity index (χ0) is 12.1. The summed E-state index contributed by atoms with van der Waals surface area (Å²) in [7, 11) is 0. The molecule has 17 heavy (non-hydrogen) atoms. The Morgan fingerprint density at radius 2 is 2.29 bits per heavy atom. The lowest BCUT2D eigenvalue weighted by Gasteiger charge is -2.04. The average Bonchev–Trinajstić information content (AvgIpc) is 2.82. The van der Waals surface area contributed by atoms with E-state index < -0.39 is 11.9 Å². The van der Waals surface area contributed by atoms with Crippen molar-refractivity contribution in [3.05, 3.63) is 52.2 Å². The largest absolute Gasteiger partial charge is 0.352 e. The third-order valence-corrected chi connectivity index (χ3v) is 3.18. The van der Waals surface area contributed by atoms with E-state index in [2.05, 4.69) is 10.3 Å². The van der Waals surface area contributed by atoms with Crippen LogP contribution < -0.4 is 5.32 Å². The lowest BCUT2D eigenvalue weighted by Crippen LogP contribution is -2.26. The first-order chi connectivity index (χ1) is 8.27. The van der Waals surface area contributed by atoms with Crippen LogP contribution in [0.5, 0.6) is 0 Å². The van der Waals surface area contributed by atoms with Crippen LogP contribution in [-0.4, -0.2) is 17.4 Å². The lowest BCUT2D eigenvalue weighted by molar-refractivity contribution is 0.0949. The van der Waals surface area contributed by atoms with Crippen LogP contribution in [0.1, 0.15) is 15.2 Å². The van der Waals surface area contributed by atoms with Crippen molar-refractivity contribution in [2.45, 2.75) is 6.42 Å². The molecule has 0 unspecified atom stereocenters. The van der Waals surface area contributed by atoms with E-state index in [-0.39, 0.29) is 5.56 Å². The minimum Gasteiger partial charge on any atom is -0.352 e. The van der Waals surface area contributed by atoms with Crippen LogP contribution >= 0.6 is 11.3 Å². The SMILES string of the molecule is O=C(NCCc1cccs1)c1cccnc1F. The van der Waals surface area contributed by atoms with Crippen molar-refractivity contribution in [3.63, 3.8) is 0 Å². The van der Waals surface area contributed by atoms with Crippen LogP contribution in [0.15, 0.2) is 35.8 Å². The van der Waals surface area contributed by atoms with Crippen molar-refractivity contribution in [1.29, 1.82) is 0 Å². The Morgan fingerprint density at radius 1 is 1.41 bits per heavy atom. The number of halogens is 1. The molecule has 0 aliphatic heterocycles. The quantitative estimate of drug-likeness (QED) is 0.846. The minimum absolute atomic E-state index is 0.0151. The molecule has 0 saturated carbocycles. The van der Waals surface area contributed by atoms with Crippen LogP contribution in [0, 0.1) is 5.95 Å². The molecule has 5 heteroatoms. The number of pyridine rings is 1. The van der Waals surface area contributed by atoms with Crippen molar-refractivity contribution in [2.24, 2.45) is 0 Å². The van der Waals surface area contributed by atoms with Gasteiger partial charge in [-0.15, -0.1) is 11.3 Å². The summed E-state index contributed by atoms with van der Waals surface area (Å²) in [6.07, 6.45) is 2.07. The van der Waals surface area contributed by atoms with Crippen molar-refractivity contribution < 1.29 is 9.18 Å². The number of hydrogen-bond acceptors (Lipinski definition) is 3. The highest BCUT2D eigenvalue weighted by molar-refractivity contribution is 7.09. The molecule has 1 amide bonds. The van der Waals surface area contributed by atoms with E-state index in [0.29, 0.717) is 6.54 Å². The summed E-state index contributed by atoms with van der Waals surface area (Å²) in [5.74, 6) is -1.16. The number of rotatable bonds is 4. The summed E-state index contributed by atoms with van der Waals surface area (Å²) in [6.45, 7) is 0.494. The lowest BCUT2D eigenvalue weighted by atomic mass is 10.2. The van der Waals surface area contributed by atoms with Gasteiger partial charge in [-0.1, -0.05) is 6.07 Å². The van der Waals surface area contributed by atoms with Crippen molar-refractivity contribution in [1.82, 2.24) is 10.3 Å². The predicted octanol–water partition coefficient (Wildman–Crippen LogP) is 2.25. The van der Waals surface area contributed by atoms with Crippen LogP contribution in [0.4, 0.5) is 4.39 Å². The minimum atomic E-state index is -0.735. The van der Waals surface area contributed by atoms with Gasteiger partial charge in [0.05, 0.1) is 5.56 Å². The predicted molar refractivity (Wildman–Crippen MR) is 64.6 cm³/mol. The topological polar surface area (TPSA) is 42.0 Å². The molecule has 0 spiro atoms. The van der Waals surface area contributed by atoms with Crippen LogP contribution in [0.25, 0.3) is 0 Å². The van der Waals surface area contributed by atoms with E-state index >= 15 is 0 Å². The number of hydrogen-bond donors (Lipinski definition) is 1. The summed E-state index contributed by atoms with van der Waals surface area (Å²) in [5.41, 5.74) is -0.0151. The third kappa shape index (κ3) is 3.10. The third-order valence-electron chi connectivity index (χ3n) is 2.24. The van der Waals surface area contributed by atoms with E-state index in [9.17, 15) is 9.18 Å². The van der Waals surface area contributed by atoms with E-state index in [1.54, 1.807) is 11.3 Å². The van der Waals surface area contributed by atoms with Crippen molar-refractivity contribution in [2.75, 3.05) is 6.54 Å². The second kappa shape index (κ2) is 5.54. The molecule has 2 aromatic heterocycles. The Morgan fingerprint density at radius 3 is 3.00 bits per heavy atom. The standard InChI is InChI=1S/C12H11FN2OS/c13-11-10(4-1-6-14-11)12(16)15-7-5-9-3-2-8-17-9/h1-4,6,8H,5,7H2,(H,15,16). The molecule has 2 rings (SSSR count). The Bertz CT molecular complexity index is 499. The fraction of sp³-hybridized carbons (Fsp3) is 0.167. The van der Waals surface area contributed by atoms with Gasteiger partial charge in [0.25, 0.3) is 5.91 Å². The highest BCUT2D eigenvalue weighted by atomic mass is 32.1. The molecule has 0 aliphatic carbocycles. The summed E-state index contributed by atoms with van der Waals surface area (Å²) in [4.78, 5) is 16.2. The number of nitrogens with zero attached hydrogens (tertiary/aromatic N) is 1. The number of amides is 1. The molecule has 0 atom stereocenters. The first kappa shape index (κ1) is 11.7. The Kier molecular flexibility index (Phi) is 3.82. The fourth-order valence-electron chi connectivity index (χ4n) is 1.40. The number of aromatic nitrogens is 1. The molecular weight excluding hydrogens is 239 g/mol. The normalized spacial score (nSPS) is 10.2. The first-order valence-corrected chi connectivity index (χ1v) is 6.06. The van der Waals surface area contributed by atoms with Crippen LogP contribution in [-0.2, 0) is 6.42 Å². The number of nitrogens with one attached hydrogen (secondary N) is 1. The average molecular weight is 250 g/mol. The van der Waals surface area contributed by atoms with Gasteiger partial charge in [-0.3, -0.25) is 4.79 Å². The Hall–Kier alpha value is -1.75. The summed E-state index contributed by atoms with van der Waals surface area (Å²) >= 11 is 1.64. The monoisotopic (exact) mass is 250 g/mol. The van der Waals surface area contributed by atoms with Crippen LogP contribution in [0.2, 0.25) is 0 Å². The van der Waals surface area contributed by atoms with Crippen molar-refractivity contribution in [3.8, 4) is 0 Å². The van der Waals surface area contributed by atoms with Gasteiger partial charge in [0.15, 0.2) is 0 Å². The maximum atomic E-state index is 13.2. The molecule has 0 bridgehead atoms. The zero-order valence-electron chi connectivity index (χ0n) is 9.02. The zero-order valence-corrected chi connectivity index (χ0v) is 9.84. The van der Waals surface area contributed by atoms with Crippen LogP contribution in [0.3, 0.4) is 0 Å². The van der Waals surface area contributed by atoms with E-state index in [0.717, 1.165) is 6.42 Å². The Balaban J connectivity index is 1.88. The molecular formula is C12H11FN2OS. The summed E-state index contributed by atoms with van der Waals surface area (Å²) < 4.78 is 13.2. The molecule has 0 aliphatic rings. The van der Waals surface area contributed by atoms with Gasteiger partial charge < -0.3 is 5.32 Å². The van der Waals surface area contributed by atoms with Gasteiger partial charge in [-0.2, -0.15) is 4.39 Å². The number of carbonyl (C=O) groups is 1. The number of thiophene rings is 1. The molecule has 1 N–H and O–H groups in total. The van der Waals surface area contributed by atoms with Crippen molar-refractivity contribution >= 4 is 17.2 Å². The van der Waals surface area contributed by atoms with Gasteiger partial charge in [-0.25, -0.2) is 4.98 Å². The Labute approximate surface area is 102 Å². The summed E-state index contributed by atoms with van der Waals surface area (Å²) in [5, 5.41) is 4.65. The molecule has 0 radical (unpaired) electrons. The second-order valence-corrected chi connectivity index (χ2v) is 4.46. The van der Waals surface area contributed by atoms with Gasteiger partial charge in [0.1, 0.15) is 0 Å². The molecule has 88 valence electrons.